The van der Waals surface area contributed by atoms with Gasteiger partial charge in [-0.15, -0.1) is 0 Å². The number of carbonyl (C=O) groups is 1. The van der Waals surface area contributed by atoms with E-state index in [1.165, 1.54) is 12.1 Å². The number of sulfonamides is 1. The second kappa shape index (κ2) is 8.16. The van der Waals surface area contributed by atoms with Crippen LogP contribution in [-0.2, 0) is 14.8 Å². The minimum Gasteiger partial charge on any atom is -0.352 e. The monoisotopic (exact) mass is 378 g/mol. The molecule has 136 valence electrons. The summed E-state index contributed by atoms with van der Waals surface area (Å²) in [5, 5.41) is 2.62. The quantitative estimate of drug-likeness (QED) is 0.792. The Morgan fingerprint density at radius 1 is 1.33 bits per heavy atom. The summed E-state index contributed by atoms with van der Waals surface area (Å²) in [7, 11) is -3.77. The maximum absolute atomic E-state index is 13.4. The van der Waals surface area contributed by atoms with Gasteiger partial charge in [0.2, 0.25) is 15.9 Å². The molecular formula is C16H24ClFN2O3S. The number of benzene rings is 1. The minimum atomic E-state index is -3.77. The van der Waals surface area contributed by atoms with Crippen molar-refractivity contribution in [3.63, 3.8) is 0 Å². The van der Waals surface area contributed by atoms with Gasteiger partial charge in [0, 0.05) is 6.04 Å². The largest absolute Gasteiger partial charge is 0.352 e. The van der Waals surface area contributed by atoms with Crippen molar-refractivity contribution >= 4 is 33.2 Å². The third-order valence-corrected chi connectivity index (χ3v) is 5.33. The van der Waals surface area contributed by atoms with E-state index in [2.05, 4.69) is 5.32 Å². The lowest BCUT2D eigenvalue weighted by Gasteiger charge is -2.31. The van der Waals surface area contributed by atoms with Crippen LogP contribution in [-0.4, -0.2) is 32.7 Å². The third-order valence-electron chi connectivity index (χ3n) is 3.86. The minimum absolute atomic E-state index is 0.107. The smallest absolute Gasteiger partial charge is 0.244 e. The lowest BCUT2D eigenvalue weighted by Crippen LogP contribution is -2.52. The van der Waals surface area contributed by atoms with Gasteiger partial charge in [0.1, 0.15) is 11.9 Å². The van der Waals surface area contributed by atoms with E-state index in [0.29, 0.717) is 0 Å². The third kappa shape index (κ3) is 5.08. The van der Waals surface area contributed by atoms with Crippen LogP contribution >= 0.6 is 11.6 Å². The van der Waals surface area contributed by atoms with E-state index in [4.69, 9.17) is 11.6 Å². The summed E-state index contributed by atoms with van der Waals surface area (Å²) in [6, 6.07) is 2.54. The van der Waals surface area contributed by atoms with Crippen molar-refractivity contribution in [1.29, 1.82) is 0 Å². The van der Waals surface area contributed by atoms with Gasteiger partial charge in [0.15, 0.2) is 0 Å². The van der Waals surface area contributed by atoms with Crippen LogP contribution in [0.2, 0.25) is 5.02 Å². The van der Waals surface area contributed by atoms with Gasteiger partial charge in [-0.2, -0.15) is 0 Å². The molecule has 2 unspecified atom stereocenters. The van der Waals surface area contributed by atoms with Crippen LogP contribution < -0.4 is 9.62 Å². The number of amides is 1. The molecular weight excluding hydrogens is 355 g/mol. The summed E-state index contributed by atoms with van der Waals surface area (Å²) in [6.07, 6.45) is 1.27. The van der Waals surface area contributed by atoms with Gasteiger partial charge in [0.05, 0.1) is 17.0 Å². The van der Waals surface area contributed by atoms with Gasteiger partial charge < -0.3 is 5.32 Å². The number of anilines is 1. The highest BCUT2D eigenvalue weighted by atomic mass is 35.5. The van der Waals surface area contributed by atoms with Crippen LogP contribution in [0.3, 0.4) is 0 Å². The summed E-state index contributed by atoms with van der Waals surface area (Å²) >= 11 is 5.76. The van der Waals surface area contributed by atoms with Crippen molar-refractivity contribution in [3.05, 3.63) is 29.0 Å². The molecule has 1 rings (SSSR count). The fourth-order valence-electron chi connectivity index (χ4n) is 2.17. The maximum Gasteiger partial charge on any atom is 0.244 e. The van der Waals surface area contributed by atoms with Gasteiger partial charge in [-0.1, -0.05) is 32.4 Å². The fourth-order valence-corrected chi connectivity index (χ4v) is 3.55. The van der Waals surface area contributed by atoms with Crippen LogP contribution in [0.1, 0.15) is 34.1 Å². The van der Waals surface area contributed by atoms with E-state index in [1.807, 2.05) is 20.8 Å². The van der Waals surface area contributed by atoms with Crippen molar-refractivity contribution in [1.82, 2.24) is 5.32 Å². The normalized spacial score (nSPS) is 14.3. The van der Waals surface area contributed by atoms with Crippen LogP contribution in [0.25, 0.3) is 0 Å². The molecule has 0 saturated carbocycles. The van der Waals surface area contributed by atoms with E-state index in [0.717, 1.165) is 16.6 Å². The molecule has 0 aliphatic rings. The summed E-state index contributed by atoms with van der Waals surface area (Å²) in [5.74, 6) is -0.845. The summed E-state index contributed by atoms with van der Waals surface area (Å²) in [5.41, 5.74) is 0.156. The van der Waals surface area contributed by atoms with Gasteiger partial charge in [0.25, 0.3) is 0 Å². The van der Waals surface area contributed by atoms with E-state index >= 15 is 0 Å². The molecule has 1 amide bonds. The van der Waals surface area contributed by atoms with Crippen molar-refractivity contribution in [2.75, 3.05) is 10.6 Å². The Morgan fingerprint density at radius 2 is 1.92 bits per heavy atom. The molecule has 0 aromatic heterocycles. The molecule has 0 bridgehead atoms. The lowest BCUT2D eigenvalue weighted by molar-refractivity contribution is -0.123. The van der Waals surface area contributed by atoms with Crippen molar-refractivity contribution in [2.45, 2.75) is 46.2 Å². The predicted octanol–water partition coefficient (Wildman–Crippen LogP) is 3.18. The van der Waals surface area contributed by atoms with E-state index in [1.54, 1.807) is 6.92 Å². The molecule has 0 spiro atoms. The van der Waals surface area contributed by atoms with E-state index in [9.17, 15) is 17.6 Å². The number of rotatable bonds is 7. The van der Waals surface area contributed by atoms with Crippen LogP contribution in [0.15, 0.2) is 18.2 Å². The molecule has 1 N–H and O–H groups in total. The molecule has 5 nitrogen and oxygen atoms in total. The fraction of sp³-hybridized carbons (Fsp3) is 0.562. The molecule has 24 heavy (non-hydrogen) atoms. The summed E-state index contributed by atoms with van der Waals surface area (Å²) in [4.78, 5) is 12.6. The van der Waals surface area contributed by atoms with Crippen molar-refractivity contribution in [3.8, 4) is 0 Å². The first-order chi connectivity index (χ1) is 11.0. The average molecular weight is 379 g/mol. The molecule has 0 aliphatic carbocycles. The lowest BCUT2D eigenvalue weighted by atomic mass is 10.1. The predicted molar refractivity (Wildman–Crippen MR) is 95.3 cm³/mol. The van der Waals surface area contributed by atoms with Gasteiger partial charge in [-0.3, -0.25) is 9.10 Å². The van der Waals surface area contributed by atoms with Crippen molar-refractivity contribution < 1.29 is 17.6 Å². The Bertz CT molecular complexity index is 695. The maximum atomic E-state index is 13.4. The zero-order valence-corrected chi connectivity index (χ0v) is 16.1. The highest BCUT2D eigenvalue weighted by Gasteiger charge is 2.32. The number of hydrogen-bond donors (Lipinski definition) is 1. The van der Waals surface area contributed by atoms with Crippen molar-refractivity contribution in [2.24, 2.45) is 5.92 Å². The van der Waals surface area contributed by atoms with Gasteiger partial charge in [-0.05, 0) is 37.5 Å². The second-order valence-electron chi connectivity index (χ2n) is 6.12. The Balaban J connectivity index is 3.27. The number of carbonyl (C=O) groups excluding carboxylic acids is 1. The zero-order chi connectivity index (χ0) is 18.7. The average Bonchev–Trinajstić information content (AvgIpc) is 2.46. The molecule has 8 heteroatoms. The molecule has 1 aromatic carbocycles. The van der Waals surface area contributed by atoms with Gasteiger partial charge >= 0.3 is 0 Å². The van der Waals surface area contributed by atoms with Crippen LogP contribution in [0.5, 0.6) is 0 Å². The molecule has 2 atom stereocenters. The summed E-state index contributed by atoms with van der Waals surface area (Å²) in [6.45, 7) is 7.49. The Morgan fingerprint density at radius 3 is 2.33 bits per heavy atom. The molecule has 0 radical (unpaired) electrons. The molecule has 0 saturated heterocycles. The number of nitrogens with zero attached hydrogens (tertiary/aromatic N) is 1. The van der Waals surface area contributed by atoms with E-state index < -0.39 is 27.8 Å². The Kier molecular flexibility index (Phi) is 7.04. The first-order valence-corrected chi connectivity index (χ1v) is 9.96. The molecule has 0 heterocycles. The Labute approximate surface area is 148 Å². The Hall–Kier alpha value is -1.34. The number of nitrogens with one attached hydrogen (secondary N) is 1. The van der Waals surface area contributed by atoms with Crippen LogP contribution in [0, 0.1) is 11.7 Å². The topological polar surface area (TPSA) is 66.5 Å². The summed E-state index contributed by atoms with van der Waals surface area (Å²) < 4.78 is 38.9. The first kappa shape index (κ1) is 20.7. The molecule has 0 fully saturated rings. The first-order valence-electron chi connectivity index (χ1n) is 7.73. The van der Waals surface area contributed by atoms with Crippen LogP contribution in [0.4, 0.5) is 10.1 Å². The molecule has 0 aliphatic heterocycles. The highest BCUT2D eigenvalue weighted by molar-refractivity contribution is 7.92. The standard InChI is InChI=1S/C16H24ClFN2O3S/c1-6-15(16(21)19-11(4)10(2)3)20(24(5,22)23)12-7-8-14(18)13(17)9-12/h7-11,15H,6H2,1-5H3,(H,19,21). The SMILES string of the molecule is CCC(C(=O)NC(C)C(C)C)N(c1ccc(F)c(Cl)c1)S(C)(=O)=O. The molecule has 1 aromatic rings. The van der Waals surface area contributed by atoms with E-state index in [-0.39, 0.29) is 29.1 Å². The zero-order valence-electron chi connectivity index (χ0n) is 14.5. The highest BCUT2D eigenvalue weighted by Crippen LogP contribution is 2.27. The number of hydrogen-bond acceptors (Lipinski definition) is 3. The van der Waals surface area contributed by atoms with Gasteiger partial charge in [-0.25, -0.2) is 12.8 Å². The second-order valence-corrected chi connectivity index (χ2v) is 8.39. The number of halogens is 2.